The van der Waals surface area contributed by atoms with Gasteiger partial charge in [0.2, 0.25) is 5.91 Å². The van der Waals surface area contributed by atoms with Gasteiger partial charge in [-0.05, 0) is 51.3 Å². The summed E-state index contributed by atoms with van der Waals surface area (Å²) in [4.78, 5) is 14.7. The highest BCUT2D eigenvalue weighted by Gasteiger charge is 2.27. The Morgan fingerprint density at radius 3 is 2.92 bits per heavy atom. The van der Waals surface area contributed by atoms with Gasteiger partial charge in [-0.15, -0.1) is 0 Å². The van der Waals surface area contributed by atoms with E-state index < -0.39 is 0 Å². The number of ether oxygens (including phenoxy) is 1. The zero-order valence-electron chi connectivity index (χ0n) is 15.1. The molecule has 1 saturated heterocycles. The highest BCUT2D eigenvalue weighted by atomic mass is 16.5. The van der Waals surface area contributed by atoms with E-state index >= 15 is 0 Å². The minimum absolute atomic E-state index is 0.0135. The first-order valence-electron chi connectivity index (χ1n) is 8.76. The molecule has 25 heavy (non-hydrogen) atoms. The summed E-state index contributed by atoms with van der Waals surface area (Å²) in [7, 11) is 1.70. The van der Waals surface area contributed by atoms with Gasteiger partial charge in [-0.1, -0.05) is 18.2 Å². The number of nitrogens with one attached hydrogen (secondary N) is 2. The van der Waals surface area contributed by atoms with Crippen molar-refractivity contribution in [3.8, 4) is 5.75 Å². The molecule has 2 aromatic rings. The largest absolute Gasteiger partial charge is 0.496 e. The van der Waals surface area contributed by atoms with Crippen LogP contribution in [-0.2, 0) is 11.2 Å². The summed E-state index contributed by atoms with van der Waals surface area (Å²) in [5, 5.41) is 10.0. The highest BCUT2D eigenvalue weighted by molar-refractivity contribution is 5.93. The number of amides is 1. The minimum atomic E-state index is 0.0135. The molecule has 1 fully saturated rings. The van der Waals surface area contributed by atoms with Crippen LogP contribution in [0.3, 0.4) is 0 Å². The van der Waals surface area contributed by atoms with Crippen molar-refractivity contribution in [2.75, 3.05) is 25.5 Å². The predicted octanol–water partition coefficient (Wildman–Crippen LogP) is 2.68. The molecule has 1 atom stereocenters. The normalized spacial score (nSPS) is 17.6. The SMILES string of the molecule is COc1ccccc1CC1CCCN1CC(=O)Nc1c(C)n[nH]c1C. The average molecular weight is 342 g/mol. The first kappa shape index (κ1) is 17.5. The zero-order chi connectivity index (χ0) is 17.8. The van der Waals surface area contributed by atoms with E-state index in [1.807, 2.05) is 32.0 Å². The lowest BCUT2D eigenvalue weighted by Crippen LogP contribution is -2.38. The molecular weight excluding hydrogens is 316 g/mol. The number of methoxy groups -OCH3 is 1. The lowest BCUT2D eigenvalue weighted by molar-refractivity contribution is -0.117. The van der Waals surface area contributed by atoms with Crippen LogP contribution >= 0.6 is 0 Å². The maximum atomic E-state index is 12.5. The maximum absolute atomic E-state index is 12.5. The monoisotopic (exact) mass is 342 g/mol. The number of carbonyl (C=O) groups excluding carboxylic acids is 1. The van der Waals surface area contributed by atoms with Crippen LogP contribution in [0, 0.1) is 13.8 Å². The number of nitrogens with zero attached hydrogens (tertiary/aromatic N) is 2. The standard InChI is InChI=1S/C19H26N4O2/c1-13-19(14(2)22-21-13)20-18(24)12-23-10-6-8-16(23)11-15-7-4-5-9-17(15)25-3/h4-5,7,9,16H,6,8,10-12H2,1-3H3,(H,20,24)(H,21,22). The molecule has 1 amide bonds. The third kappa shape index (κ3) is 4.02. The van der Waals surface area contributed by atoms with Crippen molar-refractivity contribution in [3.05, 3.63) is 41.2 Å². The molecule has 134 valence electrons. The molecule has 0 radical (unpaired) electrons. The van der Waals surface area contributed by atoms with E-state index in [0.29, 0.717) is 12.6 Å². The summed E-state index contributed by atoms with van der Waals surface area (Å²) in [6.07, 6.45) is 3.13. The van der Waals surface area contributed by atoms with Crippen molar-refractivity contribution in [3.63, 3.8) is 0 Å². The van der Waals surface area contributed by atoms with Crippen LogP contribution in [0.15, 0.2) is 24.3 Å². The number of hydrogen-bond donors (Lipinski definition) is 2. The van der Waals surface area contributed by atoms with E-state index in [0.717, 1.165) is 48.6 Å². The van der Waals surface area contributed by atoms with Gasteiger partial charge >= 0.3 is 0 Å². The van der Waals surface area contributed by atoms with Gasteiger partial charge in [-0.25, -0.2) is 0 Å². The van der Waals surface area contributed by atoms with Crippen molar-refractivity contribution in [1.82, 2.24) is 15.1 Å². The van der Waals surface area contributed by atoms with Crippen LogP contribution in [-0.4, -0.2) is 47.2 Å². The second kappa shape index (κ2) is 7.70. The molecule has 3 rings (SSSR count). The van der Waals surface area contributed by atoms with Gasteiger partial charge < -0.3 is 10.1 Å². The number of aryl methyl sites for hydroxylation is 2. The number of hydrogen-bond acceptors (Lipinski definition) is 4. The summed E-state index contributed by atoms with van der Waals surface area (Å²) in [5.74, 6) is 0.933. The van der Waals surface area contributed by atoms with Crippen LogP contribution in [0.1, 0.15) is 29.8 Å². The van der Waals surface area contributed by atoms with Crippen molar-refractivity contribution in [1.29, 1.82) is 0 Å². The number of carbonyl (C=O) groups is 1. The summed E-state index contributed by atoms with van der Waals surface area (Å²) >= 11 is 0. The second-order valence-corrected chi connectivity index (χ2v) is 6.64. The van der Waals surface area contributed by atoms with Crippen LogP contribution in [0.2, 0.25) is 0 Å². The van der Waals surface area contributed by atoms with Gasteiger partial charge in [-0.2, -0.15) is 5.10 Å². The third-order valence-electron chi connectivity index (χ3n) is 4.89. The van der Waals surface area contributed by atoms with Gasteiger partial charge in [0.15, 0.2) is 0 Å². The van der Waals surface area contributed by atoms with E-state index in [-0.39, 0.29) is 5.91 Å². The molecule has 1 aromatic heterocycles. The third-order valence-corrected chi connectivity index (χ3v) is 4.89. The average Bonchev–Trinajstić information content (AvgIpc) is 3.16. The van der Waals surface area contributed by atoms with Gasteiger partial charge in [0.25, 0.3) is 0 Å². The Bertz CT molecular complexity index is 721. The van der Waals surface area contributed by atoms with Crippen molar-refractivity contribution >= 4 is 11.6 Å². The molecule has 1 aliphatic rings. The first-order valence-corrected chi connectivity index (χ1v) is 8.76. The summed E-state index contributed by atoms with van der Waals surface area (Å²) in [5.41, 5.74) is 3.70. The van der Waals surface area contributed by atoms with E-state index in [2.05, 4.69) is 26.5 Å². The molecule has 1 aromatic carbocycles. The number of likely N-dealkylation sites (tertiary alicyclic amines) is 1. The number of benzene rings is 1. The lowest BCUT2D eigenvalue weighted by Gasteiger charge is -2.24. The maximum Gasteiger partial charge on any atom is 0.238 e. The molecule has 2 N–H and O–H groups in total. The summed E-state index contributed by atoms with van der Waals surface area (Å²) in [6, 6.07) is 8.49. The fourth-order valence-electron chi connectivity index (χ4n) is 3.56. The van der Waals surface area contributed by atoms with E-state index in [9.17, 15) is 4.79 Å². The number of anilines is 1. The number of H-pyrrole nitrogens is 1. The van der Waals surface area contributed by atoms with Crippen molar-refractivity contribution in [2.24, 2.45) is 0 Å². The van der Waals surface area contributed by atoms with E-state index in [1.165, 1.54) is 5.56 Å². The highest BCUT2D eigenvalue weighted by Crippen LogP contribution is 2.26. The van der Waals surface area contributed by atoms with Crippen LogP contribution in [0.5, 0.6) is 5.75 Å². The fourth-order valence-corrected chi connectivity index (χ4v) is 3.56. The molecule has 1 aliphatic heterocycles. The first-order chi connectivity index (χ1) is 12.1. The molecule has 6 nitrogen and oxygen atoms in total. The Hall–Kier alpha value is -2.34. The Kier molecular flexibility index (Phi) is 5.38. The van der Waals surface area contributed by atoms with Gasteiger partial charge in [0, 0.05) is 6.04 Å². The second-order valence-electron chi connectivity index (χ2n) is 6.64. The van der Waals surface area contributed by atoms with E-state index in [4.69, 9.17) is 4.74 Å². The Labute approximate surface area is 148 Å². The van der Waals surface area contributed by atoms with Gasteiger partial charge in [0.05, 0.1) is 30.7 Å². The fraction of sp³-hybridized carbons (Fsp3) is 0.474. The smallest absolute Gasteiger partial charge is 0.238 e. The van der Waals surface area contributed by atoms with Crippen molar-refractivity contribution < 1.29 is 9.53 Å². The molecule has 2 heterocycles. The Morgan fingerprint density at radius 1 is 1.40 bits per heavy atom. The molecular formula is C19H26N4O2. The van der Waals surface area contributed by atoms with E-state index in [1.54, 1.807) is 7.11 Å². The predicted molar refractivity (Wildman–Crippen MR) is 98.0 cm³/mol. The van der Waals surface area contributed by atoms with Crippen LogP contribution in [0.25, 0.3) is 0 Å². The summed E-state index contributed by atoms with van der Waals surface area (Å²) in [6.45, 7) is 5.16. The molecule has 0 spiro atoms. The molecule has 1 unspecified atom stereocenters. The zero-order valence-corrected chi connectivity index (χ0v) is 15.1. The van der Waals surface area contributed by atoms with Gasteiger partial charge in [-0.3, -0.25) is 14.8 Å². The number of rotatable bonds is 6. The number of aromatic amines is 1. The molecule has 6 heteroatoms. The van der Waals surface area contributed by atoms with Gasteiger partial charge in [0.1, 0.15) is 5.75 Å². The Morgan fingerprint density at radius 2 is 2.20 bits per heavy atom. The number of aromatic nitrogens is 2. The lowest BCUT2D eigenvalue weighted by atomic mass is 10.0. The Balaban J connectivity index is 1.63. The summed E-state index contributed by atoms with van der Waals surface area (Å²) < 4.78 is 5.46. The molecule has 0 saturated carbocycles. The number of para-hydroxylation sites is 1. The molecule has 0 bridgehead atoms. The minimum Gasteiger partial charge on any atom is -0.496 e. The topological polar surface area (TPSA) is 70.2 Å². The van der Waals surface area contributed by atoms with Crippen LogP contribution in [0.4, 0.5) is 5.69 Å². The molecule has 0 aliphatic carbocycles. The van der Waals surface area contributed by atoms with Crippen molar-refractivity contribution in [2.45, 2.75) is 39.2 Å². The quantitative estimate of drug-likeness (QED) is 0.847. The van der Waals surface area contributed by atoms with Crippen LogP contribution < -0.4 is 10.1 Å².